The topological polar surface area (TPSA) is 33.3 Å². The van der Waals surface area contributed by atoms with Crippen molar-refractivity contribution in [3.8, 4) is 5.75 Å². The van der Waals surface area contributed by atoms with E-state index >= 15 is 0 Å². The predicted octanol–water partition coefficient (Wildman–Crippen LogP) is 3.02. The van der Waals surface area contributed by atoms with Crippen LogP contribution < -0.4 is 15.4 Å². The number of aryl methyl sites for hydroxylation is 1. The van der Waals surface area contributed by atoms with Crippen molar-refractivity contribution in [1.29, 1.82) is 0 Å². The van der Waals surface area contributed by atoms with E-state index in [-0.39, 0.29) is 6.10 Å². The van der Waals surface area contributed by atoms with Crippen molar-refractivity contribution < 1.29 is 4.74 Å². The zero-order chi connectivity index (χ0) is 13.1. The number of rotatable bonds is 4. The van der Waals surface area contributed by atoms with Crippen LogP contribution in [0.1, 0.15) is 9.75 Å². The van der Waals surface area contributed by atoms with Crippen molar-refractivity contribution in [2.24, 2.45) is 0 Å². The van der Waals surface area contributed by atoms with Gasteiger partial charge in [-0.05, 0) is 31.2 Å². The fourth-order valence-corrected chi connectivity index (χ4v) is 3.07. The van der Waals surface area contributed by atoms with Crippen LogP contribution >= 0.6 is 11.3 Å². The number of fused-ring (bicyclic) bond motifs is 1. The Morgan fingerprint density at radius 1 is 1.32 bits per heavy atom. The summed E-state index contributed by atoms with van der Waals surface area (Å²) in [6.07, 6.45) is 0.191. The summed E-state index contributed by atoms with van der Waals surface area (Å²) >= 11 is 1.84. The van der Waals surface area contributed by atoms with E-state index in [1.807, 2.05) is 35.6 Å². The largest absolute Gasteiger partial charge is 0.485 e. The highest BCUT2D eigenvalue weighted by Gasteiger charge is 2.18. The van der Waals surface area contributed by atoms with Gasteiger partial charge in [0.15, 0.2) is 0 Å². The number of thiophene rings is 1. The van der Waals surface area contributed by atoms with Crippen LogP contribution in [0.3, 0.4) is 0 Å². The molecule has 1 aliphatic heterocycles. The summed E-state index contributed by atoms with van der Waals surface area (Å²) in [5.41, 5.74) is 1.09. The summed E-state index contributed by atoms with van der Waals surface area (Å²) in [6.45, 7) is 4.77. The average Bonchev–Trinajstić information content (AvgIpc) is 2.84. The Kier molecular flexibility index (Phi) is 3.71. The first-order valence-corrected chi connectivity index (χ1v) is 7.38. The van der Waals surface area contributed by atoms with Crippen molar-refractivity contribution in [2.75, 3.05) is 18.4 Å². The molecule has 1 aromatic carbocycles. The molecule has 1 unspecified atom stereocenters. The molecule has 1 aromatic heterocycles. The molecule has 0 spiro atoms. The monoisotopic (exact) mass is 274 g/mol. The van der Waals surface area contributed by atoms with Crippen LogP contribution in [-0.2, 0) is 6.54 Å². The minimum absolute atomic E-state index is 0.191. The number of anilines is 1. The van der Waals surface area contributed by atoms with Crippen molar-refractivity contribution in [2.45, 2.75) is 19.6 Å². The van der Waals surface area contributed by atoms with Crippen LogP contribution in [0, 0.1) is 6.92 Å². The lowest BCUT2D eigenvalue weighted by Crippen LogP contribution is -2.39. The van der Waals surface area contributed by atoms with E-state index in [4.69, 9.17) is 4.74 Å². The molecule has 0 amide bonds. The third-order valence-electron chi connectivity index (χ3n) is 3.17. The van der Waals surface area contributed by atoms with Gasteiger partial charge in [-0.15, -0.1) is 11.3 Å². The maximum absolute atomic E-state index is 5.95. The Balaban J connectivity index is 1.50. The molecule has 3 nitrogen and oxygen atoms in total. The third-order valence-corrected chi connectivity index (χ3v) is 4.17. The molecular weight excluding hydrogens is 256 g/mol. The molecular formula is C15H18N2OS. The lowest BCUT2D eigenvalue weighted by Gasteiger charge is -2.27. The second-order valence-electron chi connectivity index (χ2n) is 4.76. The number of hydrogen-bond acceptors (Lipinski definition) is 4. The van der Waals surface area contributed by atoms with Crippen molar-refractivity contribution >= 4 is 17.0 Å². The number of nitrogens with one attached hydrogen (secondary N) is 2. The highest BCUT2D eigenvalue weighted by molar-refractivity contribution is 7.11. The Hall–Kier alpha value is -1.52. The van der Waals surface area contributed by atoms with Gasteiger partial charge in [0, 0.05) is 22.8 Å². The first-order chi connectivity index (χ1) is 9.31. The molecule has 2 N–H and O–H groups in total. The third kappa shape index (κ3) is 3.08. The standard InChI is InChI=1S/C15H18N2OS/c1-11-6-7-13(19-11)10-16-8-12-9-17-14-4-2-3-5-15(14)18-12/h2-7,12,16-17H,8-10H2,1H3. The van der Waals surface area contributed by atoms with Crippen molar-refractivity contribution in [3.63, 3.8) is 0 Å². The predicted molar refractivity (Wildman–Crippen MR) is 80.1 cm³/mol. The Morgan fingerprint density at radius 2 is 2.21 bits per heavy atom. The van der Waals surface area contributed by atoms with Gasteiger partial charge in [-0.3, -0.25) is 0 Å². The highest BCUT2D eigenvalue weighted by Crippen LogP contribution is 2.27. The maximum atomic E-state index is 5.95. The summed E-state index contributed by atoms with van der Waals surface area (Å²) in [6, 6.07) is 12.4. The minimum atomic E-state index is 0.191. The second-order valence-corrected chi connectivity index (χ2v) is 6.13. The fraction of sp³-hybridized carbons (Fsp3) is 0.333. The van der Waals surface area contributed by atoms with E-state index in [0.29, 0.717) is 0 Å². The summed E-state index contributed by atoms with van der Waals surface area (Å²) in [4.78, 5) is 2.74. The smallest absolute Gasteiger partial charge is 0.142 e. The normalized spacial score (nSPS) is 17.4. The van der Waals surface area contributed by atoms with E-state index in [9.17, 15) is 0 Å². The Bertz CT molecular complexity index is 553. The van der Waals surface area contributed by atoms with Gasteiger partial charge in [-0.1, -0.05) is 12.1 Å². The van der Waals surface area contributed by atoms with E-state index in [2.05, 4.69) is 29.7 Å². The highest BCUT2D eigenvalue weighted by atomic mass is 32.1. The molecule has 0 bridgehead atoms. The van der Waals surface area contributed by atoms with Crippen molar-refractivity contribution in [1.82, 2.24) is 5.32 Å². The molecule has 2 aromatic rings. The lowest BCUT2D eigenvalue weighted by atomic mass is 10.2. The molecule has 0 fully saturated rings. The van der Waals surface area contributed by atoms with E-state index in [0.717, 1.165) is 31.1 Å². The van der Waals surface area contributed by atoms with Crippen molar-refractivity contribution in [3.05, 3.63) is 46.2 Å². The van der Waals surface area contributed by atoms with Gasteiger partial charge in [-0.2, -0.15) is 0 Å². The molecule has 2 heterocycles. The minimum Gasteiger partial charge on any atom is -0.485 e. The van der Waals surface area contributed by atoms with Crippen LogP contribution in [0.2, 0.25) is 0 Å². The van der Waals surface area contributed by atoms with E-state index < -0.39 is 0 Å². The number of ether oxygens (including phenoxy) is 1. The average molecular weight is 274 g/mol. The lowest BCUT2D eigenvalue weighted by molar-refractivity contribution is 0.202. The van der Waals surface area contributed by atoms with Gasteiger partial charge < -0.3 is 15.4 Å². The first-order valence-electron chi connectivity index (χ1n) is 6.57. The van der Waals surface area contributed by atoms with Gasteiger partial charge in [-0.25, -0.2) is 0 Å². The number of benzene rings is 1. The second kappa shape index (κ2) is 5.63. The molecule has 0 aliphatic carbocycles. The molecule has 0 radical (unpaired) electrons. The van der Waals surface area contributed by atoms with Gasteiger partial charge in [0.25, 0.3) is 0 Å². The first kappa shape index (κ1) is 12.5. The number of para-hydroxylation sites is 2. The zero-order valence-corrected chi connectivity index (χ0v) is 11.8. The molecule has 19 heavy (non-hydrogen) atoms. The Morgan fingerprint density at radius 3 is 3.05 bits per heavy atom. The van der Waals surface area contributed by atoms with Crippen LogP contribution in [0.25, 0.3) is 0 Å². The molecule has 1 aliphatic rings. The molecule has 1 atom stereocenters. The van der Waals surface area contributed by atoms with E-state index in [1.54, 1.807) is 0 Å². The van der Waals surface area contributed by atoms with Gasteiger partial charge in [0.1, 0.15) is 11.9 Å². The summed E-state index contributed by atoms with van der Waals surface area (Å²) in [5, 5.41) is 6.86. The summed E-state index contributed by atoms with van der Waals surface area (Å²) < 4.78 is 5.95. The summed E-state index contributed by atoms with van der Waals surface area (Å²) in [5.74, 6) is 0.951. The Labute approximate surface area is 117 Å². The maximum Gasteiger partial charge on any atom is 0.142 e. The molecule has 0 saturated heterocycles. The zero-order valence-electron chi connectivity index (χ0n) is 11.0. The molecule has 0 saturated carbocycles. The SMILES string of the molecule is Cc1ccc(CNCC2CNc3ccccc3O2)s1. The molecule has 100 valence electrons. The van der Waals surface area contributed by atoms with Crippen LogP contribution in [0.4, 0.5) is 5.69 Å². The van der Waals surface area contributed by atoms with Crippen LogP contribution in [0.5, 0.6) is 5.75 Å². The fourth-order valence-electron chi connectivity index (χ4n) is 2.21. The molecule has 3 rings (SSSR count). The van der Waals surface area contributed by atoms with Gasteiger partial charge >= 0.3 is 0 Å². The van der Waals surface area contributed by atoms with Gasteiger partial charge in [0.05, 0.1) is 12.2 Å². The number of hydrogen-bond donors (Lipinski definition) is 2. The quantitative estimate of drug-likeness (QED) is 0.899. The molecule has 4 heteroatoms. The van der Waals surface area contributed by atoms with Crippen LogP contribution in [-0.4, -0.2) is 19.2 Å². The van der Waals surface area contributed by atoms with Crippen LogP contribution in [0.15, 0.2) is 36.4 Å². The van der Waals surface area contributed by atoms with Gasteiger partial charge in [0.2, 0.25) is 0 Å². The summed E-state index contributed by atoms with van der Waals surface area (Å²) in [7, 11) is 0. The van der Waals surface area contributed by atoms with E-state index in [1.165, 1.54) is 9.75 Å².